The second-order valence-electron chi connectivity index (χ2n) is 6.33. The molecule has 4 nitrogen and oxygen atoms in total. The summed E-state index contributed by atoms with van der Waals surface area (Å²) in [6.45, 7) is 7.03. The van der Waals surface area contributed by atoms with Gasteiger partial charge in [0.05, 0.1) is 0 Å². The van der Waals surface area contributed by atoms with E-state index in [2.05, 4.69) is 26.1 Å². The van der Waals surface area contributed by atoms with Gasteiger partial charge in [0.2, 0.25) is 11.8 Å². The van der Waals surface area contributed by atoms with E-state index in [-0.39, 0.29) is 17.4 Å². The maximum absolute atomic E-state index is 13.1. The first-order valence-electron chi connectivity index (χ1n) is 8.16. The van der Waals surface area contributed by atoms with Gasteiger partial charge in [-0.05, 0) is 32.1 Å². The lowest BCUT2D eigenvalue weighted by atomic mass is 9.85. The largest absolute Gasteiger partial charge is 0.342 e. The number of nitrogens with one attached hydrogen (secondary N) is 1. The molecule has 4 heteroatoms. The Kier molecular flexibility index (Phi) is 4.40. The highest BCUT2D eigenvalue weighted by molar-refractivity contribution is 5.94. The van der Waals surface area contributed by atoms with Crippen LogP contribution in [0.2, 0.25) is 0 Å². The lowest BCUT2D eigenvalue weighted by molar-refractivity contribution is -0.145. The normalized spacial score (nSPS) is 23.1. The molecule has 0 bridgehead atoms. The van der Waals surface area contributed by atoms with E-state index in [0.29, 0.717) is 13.0 Å². The molecule has 0 unspecified atom stereocenters. The molecule has 0 atom stereocenters. The van der Waals surface area contributed by atoms with Crippen LogP contribution in [0.3, 0.4) is 0 Å². The quantitative estimate of drug-likeness (QED) is 0.860. The summed E-state index contributed by atoms with van der Waals surface area (Å²) in [4.78, 5) is 27.2. The van der Waals surface area contributed by atoms with E-state index in [1.54, 1.807) is 0 Å². The molecular formula is C16H28N2O2. The topological polar surface area (TPSA) is 49.4 Å². The maximum atomic E-state index is 13.1. The van der Waals surface area contributed by atoms with Crippen molar-refractivity contribution >= 4 is 11.8 Å². The Hall–Kier alpha value is -1.06. The van der Waals surface area contributed by atoms with Crippen molar-refractivity contribution in [2.24, 2.45) is 0 Å². The fourth-order valence-corrected chi connectivity index (χ4v) is 4.05. The Morgan fingerprint density at radius 1 is 1.10 bits per heavy atom. The van der Waals surface area contributed by atoms with E-state index in [1.165, 1.54) is 0 Å². The SMILES string of the molecule is CCC(CC)(CC)N1CCC(=O)NC2(CCCC2)C1=O. The zero-order chi connectivity index (χ0) is 14.8. The molecule has 1 saturated carbocycles. The summed E-state index contributed by atoms with van der Waals surface area (Å²) in [6.07, 6.45) is 6.99. The molecule has 1 N–H and O–H groups in total. The molecule has 0 aromatic carbocycles. The molecule has 2 aliphatic rings. The minimum absolute atomic E-state index is 0.0416. The van der Waals surface area contributed by atoms with Gasteiger partial charge in [-0.25, -0.2) is 0 Å². The van der Waals surface area contributed by atoms with Gasteiger partial charge in [-0.15, -0.1) is 0 Å². The number of hydrogen-bond donors (Lipinski definition) is 1. The van der Waals surface area contributed by atoms with Crippen molar-refractivity contribution in [2.75, 3.05) is 6.54 Å². The number of carbonyl (C=O) groups excluding carboxylic acids is 2. The van der Waals surface area contributed by atoms with Crippen LogP contribution in [0.15, 0.2) is 0 Å². The molecule has 114 valence electrons. The van der Waals surface area contributed by atoms with Crippen LogP contribution < -0.4 is 5.32 Å². The van der Waals surface area contributed by atoms with Gasteiger partial charge in [-0.1, -0.05) is 33.6 Å². The van der Waals surface area contributed by atoms with Gasteiger partial charge in [0.25, 0.3) is 0 Å². The van der Waals surface area contributed by atoms with Gasteiger partial charge in [0.15, 0.2) is 0 Å². The molecule has 0 aromatic heterocycles. The zero-order valence-electron chi connectivity index (χ0n) is 13.1. The van der Waals surface area contributed by atoms with Gasteiger partial charge in [-0.2, -0.15) is 0 Å². The minimum Gasteiger partial charge on any atom is -0.342 e. The summed E-state index contributed by atoms with van der Waals surface area (Å²) >= 11 is 0. The summed E-state index contributed by atoms with van der Waals surface area (Å²) in [6, 6.07) is 0. The Morgan fingerprint density at radius 3 is 2.15 bits per heavy atom. The molecule has 0 radical (unpaired) electrons. The van der Waals surface area contributed by atoms with Crippen LogP contribution in [0.1, 0.15) is 72.1 Å². The van der Waals surface area contributed by atoms with Gasteiger partial charge in [0.1, 0.15) is 5.54 Å². The van der Waals surface area contributed by atoms with E-state index in [1.807, 2.05) is 4.90 Å². The summed E-state index contributed by atoms with van der Waals surface area (Å²) < 4.78 is 0. The average Bonchev–Trinajstić information content (AvgIpc) is 2.88. The van der Waals surface area contributed by atoms with Crippen LogP contribution in [0.25, 0.3) is 0 Å². The Morgan fingerprint density at radius 2 is 1.65 bits per heavy atom. The van der Waals surface area contributed by atoms with E-state index >= 15 is 0 Å². The molecule has 1 saturated heterocycles. The van der Waals surface area contributed by atoms with Crippen LogP contribution >= 0.6 is 0 Å². The third-order valence-corrected chi connectivity index (χ3v) is 5.60. The molecule has 1 spiro atoms. The third-order valence-electron chi connectivity index (χ3n) is 5.60. The lowest BCUT2D eigenvalue weighted by Crippen LogP contribution is -2.60. The molecular weight excluding hydrogens is 252 g/mol. The van der Waals surface area contributed by atoms with Gasteiger partial charge >= 0.3 is 0 Å². The van der Waals surface area contributed by atoms with E-state index in [4.69, 9.17) is 0 Å². The smallest absolute Gasteiger partial charge is 0.248 e. The predicted octanol–water partition coefficient (Wildman–Crippen LogP) is 2.62. The molecule has 2 fully saturated rings. The Balaban J connectivity index is 2.37. The Bertz CT molecular complexity index is 374. The van der Waals surface area contributed by atoms with Gasteiger partial charge in [-0.3, -0.25) is 9.59 Å². The van der Waals surface area contributed by atoms with Crippen molar-refractivity contribution in [1.29, 1.82) is 0 Å². The first-order valence-corrected chi connectivity index (χ1v) is 8.16. The number of nitrogens with zero attached hydrogens (tertiary/aromatic N) is 1. The molecule has 1 aliphatic heterocycles. The summed E-state index contributed by atoms with van der Waals surface area (Å²) in [5.74, 6) is 0.214. The second-order valence-corrected chi connectivity index (χ2v) is 6.33. The van der Waals surface area contributed by atoms with Crippen LogP contribution in [-0.4, -0.2) is 34.3 Å². The molecule has 2 amide bonds. The number of carbonyl (C=O) groups is 2. The highest BCUT2D eigenvalue weighted by Gasteiger charge is 2.50. The number of rotatable bonds is 4. The standard InChI is InChI=1S/C16H28N2O2/c1-4-15(5-2,6-3)18-12-9-13(19)17-16(14(18)20)10-7-8-11-16/h4-12H2,1-3H3,(H,17,19). The van der Waals surface area contributed by atoms with Crippen LogP contribution in [0, 0.1) is 0 Å². The zero-order valence-corrected chi connectivity index (χ0v) is 13.1. The molecule has 2 rings (SSSR count). The number of hydrogen-bond acceptors (Lipinski definition) is 2. The maximum Gasteiger partial charge on any atom is 0.248 e. The van der Waals surface area contributed by atoms with Crippen molar-refractivity contribution in [1.82, 2.24) is 10.2 Å². The van der Waals surface area contributed by atoms with Crippen molar-refractivity contribution in [3.63, 3.8) is 0 Å². The number of amides is 2. The first-order chi connectivity index (χ1) is 9.53. The van der Waals surface area contributed by atoms with Crippen LogP contribution in [0.5, 0.6) is 0 Å². The van der Waals surface area contributed by atoms with Gasteiger partial charge < -0.3 is 10.2 Å². The Labute approximate surface area is 122 Å². The van der Waals surface area contributed by atoms with E-state index in [9.17, 15) is 9.59 Å². The van der Waals surface area contributed by atoms with E-state index < -0.39 is 5.54 Å². The molecule has 20 heavy (non-hydrogen) atoms. The summed E-state index contributed by atoms with van der Waals surface area (Å²) in [5, 5.41) is 3.05. The van der Waals surface area contributed by atoms with Crippen molar-refractivity contribution < 1.29 is 9.59 Å². The molecule has 1 aliphatic carbocycles. The predicted molar refractivity (Wildman–Crippen MR) is 79.3 cm³/mol. The summed E-state index contributed by atoms with van der Waals surface area (Å²) in [5.41, 5.74) is -0.683. The highest BCUT2D eigenvalue weighted by Crippen LogP contribution is 2.37. The fraction of sp³-hybridized carbons (Fsp3) is 0.875. The van der Waals surface area contributed by atoms with Crippen LogP contribution in [-0.2, 0) is 9.59 Å². The fourth-order valence-electron chi connectivity index (χ4n) is 4.05. The van der Waals surface area contributed by atoms with Crippen molar-refractivity contribution in [3.8, 4) is 0 Å². The third kappa shape index (κ3) is 2.33. The van der Waals surface area contributed by atoms with Gasteiger partial charge in [0, 0.05) is 18.5 Å². The van der Waals surface area contributed by atoms with Crippen molar-refractivity contribution in [2.45, 2.75) is 83.2 Å². The van der Waals surface area contributed by atoms with Crippen molar-refractivity contribution in [3.05, 3.63) is 0 Å². The highest BCUT2D eigenvalue weighted by atomic mass is 16.2. The molecule has 0 aromatic rings. The molecule has 1 heterocycles. The lowest BCUT2D eigenvalue weighted by Gasteiger charge is -2.45. The second kappa shape index (κ2) is 5.74. The summed E-state index contributed by atoms with van der Waals surface area (Å²) in [7, 11) is 0. The minimum atomic E-state index is -0.599. The first kappa shape index (κ1) is 15.3. The monoisotopic (exact) mass is 280 g/mol. The van der Waals surface area contributed by atoms with E-state index in [0.717, 1.165) is 44.9 Å². The van der Waals surface area contributed by atoms with Crippen LogP contribution in [0.4, 0.5) is 0 Å². The average molecular weight is 280 g/mol.